The second kappa shape index (κ2) is 12.9. The summed E-state index contributed by atoms with van der Waals surface area (Å²) in [7, 11) is -5.91. The number of nitrogens with zero attached hydrogens (tertiary/aromatic N) is 5. The Morgan fingerprint density at radius 1 is 0.927 bits per heavy atom. The van der Waals surface area contributed by atoms with E-state index in [2.05, 4.69) is 19.2 Å². The summed E-state index contributed by atoms with van der Waals surface area (Å²) in [6.07, 6.45) is 5.25. The number of halogens is 3. The topological polar surface area (TPSA) is 127 Å². The second-order valence-corrected chi connectivity index (χ2v) is 10.9. The number of rotatable bonds is 5. The lowest BCUT2D eigenvalue weighted by Crippen LogP contribution is -2.36. The molecule has 6 heterocycles. The highest BCUT2D eigenvalue weighted by Crippen LogP contribution is 2.38. The Morgan fingerprint density at radius 3 is 2.27 bits per heavy atom. The van der Waals surface area contributed by atoms with Crippen molar-refractivity contribution in [2.45, 2.75) is 31.0 Å². The second-order valence-electron chi connectivity index (χ2n) is 9.32. The molecule has 0 aromatic carbocycles. The van der Waals surface area contributed by atoms with Crippen molar-refractivity contribution < 1.29 is 44.7 Å². The fraction of sp³-hybridized carbons (Fsp3) is 0.560. The Morgan fingerprint density at radius 2 is 1.63 bits per heavy atom. The predicted molar refractivity (Wildman–Crippen MR) is 140 cm³/mol. The molecule has 0 radical (unpaired) electrons. The van der Waals surface area contributed by atoms with E-state index in [0.717, 1.165) is 45.7 Å². The molecule has 3 aliphatic heterocycles. The van der Waals surface area contributed by atoms with E-state index in [0.29, 0.717) is 44.3 Å². The van der Waals surface area contributed by atoms with Crippen LogP contribution in [0.1, 0.15) is 25.5 Å². The van der Waals surface area contributed by atoms with Crippen molar-refractivity contribution in [3.63, 3.8) is 0 Å². The summed E-state index contributed by atoms with van der Waals surface area (Å²) >= 11 is 0. The van der Waals surface area contributed by atoms with E-state index < -0.39 is 21.4 Å². The van der Waals surface area contributed by atoms with Gasteiger partial charge >= 0.3 is 15.6 Å². The van der Waals surface area contributed by atoms with Crippen LogP contribution in [0.15, 0.2) is 30.6 Å². The first-order chi connectivity index (χ1) is 19.7. The molecule has 12 nitrogen and oxygen atoms in total. The van der Waals surface area contributed by atoms with E-state index in [-0.39, 0.29) is 22.9 Å². The fourth-order valence-corrected chi connectivity index (χ4v) is 5.04. The number of anilines is 1. The number of morpholine rings is 1. The van der Waals surface area contributed by atoms with E-state index in [4.69, 9.17) is 18.9 Å². The first-order valence-corrected chi connectivity index (χ1v) is 14.6. The van der Waals surface area contributed by atoms with Crippen LogP contribution in [0.3, 0.4) is 0 Å². The molecule has 3 aromatic rings. The Labute approximate surface area is 234 Å². The van der Waals surface area contributed by atoms with Crippen molar-refractivity contribution in [1.82, 2.24) is 19.7 Å². The molecule has 0 bridgehead atoms. The molecular formula is C25H30F3N5O7S. The highest BCUT2D eigenvalue weighted by molar-refractivity contribution is 7.88. The van der Waals surface area contributed by atoms with Gasteiger partial charge in [-0.2, -0.15) is 26.7 Å². The van der Waals surface area contributed by atoms with E-state index in [1.807, 2.05) is 0 Å². The number of pyridine rings is 2. The Bertz CT molecular complexity index is 1410. The molecule has 3 fully saturated rings. The molecule has 16 heteroatoms. The number of aromatic nitrogens is 4. The normalized spacial score (nSPS) is 20.4. The first kappa shape index (κ1) is 29.4. The lowest BCUT2D eigenvalue weighted by atomic mass is 10.1. The first-order valence-electron chi connectivity index (χ1n) is 13.2. The van der Waals surface area contributed by atoms with Crippen LogP contribution >= 0.6 is 0 Å². The lowest BCUT2D eigenvalue weighted by molar-refractivity contribution is -0.0499. The van der Waals surface area contributed by atoms with Crippen molar-refractivity contribution in [2.75, 3.05) is 64.2 Å². The number of ether oxygens (including phenoxy) is 4. The van der Waals surface area contributed by atoms with E-state index in [9.17, 15) is 21.6 Å². The summed E-state index contributed by atoms with van der Waals surface area (Å²) < 4.78 is 90.5. The van der Waals surface area contributed by atoms with Gasteiger partial charge in [0, 0.05) is 43.5 Å². The zero-order chi connectivity index (χ0) is 28.9. The molecular weight excluding hydrogens is 571 g/mol. The molecule has 0 spiro atoms. The van der Waals surface area contributed by atoms with Crippen molar-refractivity contribution in [1.29, 1.82) is 0 Å². The van der Waals surface area contributed by atoms with Crippen molar-refractivity contribution >= 4 is 26.8 Å². The van der Waals surface area contributed by atoms with Crippen molar-refractivity contribution in [2.24, 2.45) is 0 Å². The average Bonchev–Trinajstić information content (AvgIpc) is 3.48. The van der Waals surface area contributed by atoms with Gasteiger partial charge in [-0.15, -0.1) is 0 Å². The minimum atomic E-state index is -5.91. The average molecular weight is 602 g/mol. The standard InChI is InChI=1S/C21H22F3N5O5S.C4H8O2/c22-21(23,24)35(30,31)34-16-13-17(28-8-11-32-12-9-28)27-19-14(16)4-6-25-20(19)15-5-7-26-29(15)18-3-1-2-10-33-18;1-2-6-4-3-5-1/h4-7,13,18H,1-3,8-12H2;1-4H2. The monoisotopic (exact) mass is 601 g/mol. The molecule has 3 aliphatic rings. The van der Waals surface area contributed by atoms with Gasteiger partial charge in [0.15, 0.2) is 12.0 Å². The third kappa shape index (κ3) is 6.89. The molecule has 224 valence electrons. The summed E-state index contributed by atoms with van der Waals surface area (Å²) in [5.41, 5.74) is -4.55. The van der Waals surface area contributed by atoms with Crippen LogP contribution < -0.4 is 9.08 Å². The third-order valence-corrected chi connectivity index (χ3v) is 7.55. The molecule has 0 amide bonds. The van der Waals surface area contributed by atoms with E-state index >= 15 is 0 Å². The van der Waals surface area contributed by atoms with Gasteiger partial charge in [0.05, 0.1) is 45.3 Å². The molecule has 0 N–H and O–H groups in total. The minimum absolute atomic E-state index is 0.0668. The fourth-order valence-electron chi connectivity index (χ4n) is 4.57. The van der Waals surface area contributed by atoms with Gasteiger partial charge in [0.2, 0.25) is 0 Å². The molecule has 6 rings (SSSR count). The molecule has 3 aromatic heterocycles. The van der Waals surface area contributed by atoms with Crippen molar-refractivity contribution in [3.8, 4) is 17.1 Å². The maximum absolute atomic E-state index is 13.1. The molecule has 0 saturated carbocycles. The molecule has 0 aliphatic carbocycles. The number of alkyl halides is 3. The van der Waals surface area contributed by atoms with Crippen LogP contribution in [0.2, 0.25) is 0 Å². The Balaban J connectivity index is 0.000000500. The van der Waals surface area contributed by atoms with Crippen LogP contribution in [0.4, 0.5) is 19.0 Å². The number of hydrogen-bond acceptors (Lipinski definition) is 11. The molecule has 3 saturated heterocycles. The van der Waals surface area contributed by atoms with Crippen LogP contribution in [0.5, 0.6) is 5.75 Å². The molecule has 1 unspecified atom stereocenters. The summed E-state index contributed by atoms with van der Waals surface area (Å²) in [6.45, 7) is 5.32. The molecule has 1 atom stereocenters. The maximum Gasteiger partial charge on any atom is 0.534 e. The smallest absolute Gasteiger partial charge is 0.378 e. The largest absolute Gasteiger partial charge is 0.534 e. The van der Waals surface area contributed by atoms with Crippen LogP contribution in [0, 0.1) is 0 Å². The van der Waals surface area contributed by atoms with Gasteiger partial charge in [-0.1, -0.05) is 0 Å². The summed E-state index contributed by atoms with van der Waals surface area (Å²) in [6, 6.07) is 4.27. The maximum atomic E-state index is 13.1. The van der Waals surface area contributed by atoms with Crippen LogP contribution in [-0.4, -0.2) is 93.0 Å². The zero-order valence-electron chi connectivity index (χ0n) is 22.1. The highest BCUT2D eigenvalue weighted by atomic mass is 32.2. The number of hydrogen-bond donors (Lipinski definition) is 0. The third-order valence-electron chi connectivity index (χ3n) is 6.58. The van der Waals surface area contributed by atoms with Crippen molar-refractivity contribution in [3.05, 3.63) is 30.6 Å². The van der Waals surface area contributed by atoms with E-state index in [1.54, 1.807) is 21.8 Å². The lowest BCUT2D eigenvalue weighted by Gasteiger charge is -2.28. The Hall–Kier alpha value is -3.05. The molecule has 41 heavy (non-hydrogen) atoms. The zero-order valence-corrected chi connectivity index (χ0v) is 22.9. The predicted octanol–water partition coefficient (Wildman–Crippen LogP) is 3.29. The highest BCUT2D eigenvalue weighted by Gasteiger charge is 2.49. The quantitative estimate of drug-likeness (QED) is 0.316. The summed E-state index contributed by atoms with van der Waals surface area (Å²) in [5, 5.41) is 4.44. The summed E-state index contributed by atoms with van der Waals surface area (Å²) in [4.78, 5) is 10.9. The summed E-state index contributed by atoms with van der Waals surface area (Å²) in [5.74, 6) is -0.236. The number of fused-ring (bicyclic) bond motifs is 1. The van der Waals surface area contributed by atoms with Gasteiger partial charge in [0.1, 0.15) is 17.0 Å². The van der Waals surface area contributed by atoms with Crippen LogP contribution in [-0.2, 0) is 29.1 Å². The minimum Gasteiger partial charge on any atom is -0.378 e. The van der Waals surface area contributed by atoms with E-state index in [1.165, 1.54) is 18.3 Å². The van der Waals surface area contributed by atoms with Crippen LogP contribution in [0.25, 0.3) is 22.3 Å². The van der Waals surface area contributed by atoms with Gasteiger partial charge in [0.25, 0.3) is 0 Å². The van der Waals surface area contributed by atoms with Gasteiger partial charge in [-0.3, -0.25) is 4.98 Å². The van der Waals surface area contributed by atoms with Gasteiger partial charge < -0.3 is 28.0 Å². The SMILES string of the molecule is C1COCCO1.O=S(=O)(Oc1cc(N2CCOCC2)nc2c(-c3ccnn3C3CCCCO3)nccc12)C(F)(F)F. The Kier molecular flexibility index (Phi) is 9.23. The van der Waals surface area contributed by atoms with Gasteiger partial charge in [-0.05, 0) is 31.4 Å². The van der Waals surface area contributed by atoms with Gasteiger partial charge in [-0.25, -0.2) is 9.67 Å².